The Kier molecular flexibility index (Phi) is 2.94. The Hall–Kier alpha value is -2.41. The van der Waals surface area contributed by atoms with E-state index in [1.165, 1.54) is 10.8 Å². The summed E-state index contributed by atoms with van der Waals surface area (Å²) in [6.45, 7) is 2.40. The smallest absolute Gasteiger partial charge is 0.341 e. The Morgan fingerprint density at radius 2 is 1.95 bits per heavy atom. The van der Waals surface area contributed by atoms with E-state index in [0.29, 0.717) is 27.7 Å². The first-order valence-electron chi connectivity index (χ1n) is 6.34. The van der Waals surface area contributed by atoms with Crippen molar-refractivity contribution in [2.45, 2.75) is 13.5 Å². The fourth-order valence-electron chi connectivity index (χ4n) is 2.47. The van der Waals surface area contributed by atoms with Crippen LogP contribution in [0.15, 0.2) is 27.9 Å². The fourth-order valence-corrected chi connectivity index (χ4v) is 3.49. The highest BCUT2D eigenvalue weighted by molar-refractivity contribution is 7.17. The van der Waals surface area contributed by atoms with Crippen LogP contribution in [0, 0.1) is 0 Å². The van der Waals surface area contributed by atoms with Gasteiger partial charge in [-0.05, 0) is 19.1 Å². The monoisotopic (exact) mass is 304 g/mol. The third-order valence-corrected chi connectivity index (χ3v) is 4.64. The maximum Gasteiger partial charge on any atom is 0.341 e. The summed E-state index contributed by atoms with van der Waals surface area (Å²) >= 11 is 0.963. The van der Waals surface area contributed by atoms with Gasteiger partial charge in [0.15, 0.2) is 0 Å². The molecule has 0 aliphatic carbocycles. The van der Waals surface area contributed by atoms with Gasteiger partial charge in [0, 0.05) is 19.8 Å². The van der Waals surface area contributed by atoms with Gasteiger partial charge in [-0.1, -0.05) is 11.3 Å². The Morgan fingerprint density at radius 3 is 2.57 bits per heavy atom. The predicted molar refractivity (Wildman–Crippen MR) is 81.5 cm³/mol. The lowest BCUT2D eigenvalue weighted by Crippen LogP contribution is -2.18. The van der Waals surface area contributed by atoms with E-state index in [2.05, 4.69) is 0 Å². The molecule has 6 nitrogen and oxygen atoms in total. The zero-order valence-corrected chi connectivity index (χ0v) is 12.2. The third-order valence-electron chi connectivity index (χ3n) is 3.58. The Bertz CT molecular complexity index is 1010. The molecular formula is C14H12N2O4S. The molecule has 3 rings (SSSR count). The second kappa shape index (κ2) is 4.56. The van der Waals surface area contributed by atoms with Crippen molar-refractivity contribution in [2.75, 3.05) is 0 Å². The number of carboxylic acid groups (broad SMARTS) is 1. The first-order valence-corrected chi connectivity index (χ1v) is 7.16. The van der Waals surface area contributed by atoms with E-state index < -0.39 is 11.4 Å². The molecule has 0 spiro atoms. The average molecular weight is 304 g/mol. The summed E-state index contributed by atoms with van der Waals surface area (Å²) in [5.74, 6) is -1.26. The minimum Gasteiger partial charge on any atom is -0.477 e. The number of benzene rings is 1. The molecule has 0 amide bonds. The molecule has 0 saturated heterocycles. The predicted octanol–water partition coefficient (Wildman–Crippen LogP) is 1.63. The molecule has 7 heteroatoms. The van der Waals surface area contributed by atoms with Crippen LogP contribution in [0.1, 0.15) is 17.3 Å². The van der Waals surface area contributed by atoms with E-state index in [-0.39, 0.29) is 10.4 Å². The molecule has 108 valence electrons. The van der Waals surface area contributed by atoms with Gasteiger partial charge >= 0.3 is 10.8 Å². The van der Waals surface area contributed by atoms with Crippen molar-refractivity contribution in [3.63, 3.8) is 0 Å². The largest absolute Gasteiger partial charge is 0.477 e. The van der Waals surface area contributed by atoms with Crippen molar-refractivity contribution in [3.05, 3.63) is 43.8 Å². The maximum atomic E-state index is 12.5. The molecular weight excluding hydrogens is 292 g/mol. The van der Waals surface area contributed by atoms with Gasteiger partial charge in [-0.15, -0.1) is 0 Å². The molecule has 21 heavy (non-hydrogen) atoms. The van der Waals surface area contributed by atoms with Crippen molar-refractivity contribution in [3.8, 4) is 0 Å². The van der Waals surface area contributed by atoms with Gasteiger partial charge in [0.05, 0.1) is 21.1 Å². The lowest BCUT2D eigenvalue weighted by Gasteiger charge is -2.10. The quantitative estimate of drug-likeness (QED) is 0.780. The third kappa shape index (κ3) is 1.81. The molecule has 2 aromatic heterocycles. The van der Waals surface area contributed by atoms with E-state index in [1.807, 2.05) is 6.92 Å². The number of aromatic carboxylic acids is 1. The topological polar surface area (TPSA) is 81.3 Å². The molecule has 0 fully saturated rings. The highest BCUT2D eigenvalue weighted by Crippen LogP contribution is 2.25. The van der Waals surface area contributed by atoms with Gasteiger partial charge in [-0.25, -0.2) is 4.79 Å². The van der Waals surface area contributed by atoms with Crippen LogP contribution in [0.3, 0.4) is 0 Å². The first-order chi connectivity index (χ1) is 9.95. The number of nitrogens with zero attached hydrogens (tertiary/aromatic N) is 2. The molecule has 1 N–H and O–H groups in total. The summed E-state index contributed by atoms with van der Waals surface area (Å²) in [6.07, 6.45) is 1.35. The normalized spacial score (nSPS) is 11.3. The zero-order chi connectivity index (χ0) is 15.3. The summed E-state index contributed by atoms with van der Waals surface area (Å²) in [4.78, 5) is 35.4. The number of carboxylic acids is 1. The number of pyridine rings is 1. The van der Waals surface area contributed by atoms with Crippen LogP contribution in [-0.2, 0) is 13.6 Å². The molecule has 3 aromatic rings. The summed E-state index contributed by atoms with van der Waals surface area (Å²) in [6, 6.07) is 3.53. The molecule has 0 radical (unpaired) electrons. The van der Waals surface area contributed by atoms with Crippen molar-refractivity contribution in [2.24, 2.45) is 7.05 Å². The zero-order valence-electron chi connectivity index (χ0n) is 11.4. The van der Waals surface area contributed by atoms with Crippen LogP contribution >= 0.6 is 11.3 Å². The van der Waals surface area contributed by atoms with Gasteiger partial charge in [-0.2, -0.15) is 0 Å². The van der Waals surface area contributed by atoms with Crippen molar-refractivity contribution in [1.82, 2.24) is 9.13 Å². The van der Waals surface area contributed by atoms with Crippen LogP contribution in [0.25, 0.3) is 21.1 Å². The molecule has 0 aliphatic rings. The number of fused-ring (bicyclic) bond motifs is 3. The number of hydrogen-bond acceptors (Lipinski definition) is 4. The summed E-state index contributed by atoms with van der Waals surface area (Å²) in [5.41, 5.74) is 0.455. The molecule has 0 saturated carbocycles. The molecule has 0 atom stereocenters. The highest BCUT2D eigenvalue weighted by Gasteiger charge is 2.18. The van der Waals surface area contributed by atoms with Crippen LogP contribution < -0.4 is 10.3 Å². The van der Waals surface area contributed by atoms with Gasteiger partial charge in [0.25, 0.3) is 0 Å². The second-order valence-electron chi connectivity index (χ2n) is 4.70. The molecule has 1 aromatic carbocycles. The molecule has 0 bridgehead atoms. The van der Waals surface area contributed by atoms with Gasteiger partial charge in [-0.3, -0.25) is 9.59 Å². The summed E-state index contributed by atoms with van der Waals surface area (Å²) in [5, 5.41) is 9.50. The highest BCUT2D eigenvalue weighted by atomic mass is 32.1. The Balaban J connectivity index is 2.66. The Morgan fingerprint density at radius 1 is 1.29 bits per heavy atom. The number of hydrogen-bond donors (Lipinski definition) is 1. The Labute approximate surface area is 122 Å². The lowest BCUT2D eigenvalue weighted by molar-refractivity contribution is 0.0695. The fraction of sp³-hybridized carbons (Fsp3) is 0.214. The molecule has 0 unspecified atom stereocenters. The van der Waals surface area contributed by atoms with Crippen molar-refractivity contribution < 1.29 is 9.90 Å². The lowest BCUT2D eigenvalue weighted by atomic mass is 10.1. The molecule has 0 aliphatic heterocycles. The molecule has 2 heterocycles. The van der Waals surface area contributed by atoms with Gasteiger partial charge in [0.2, 0.25) is 5.43 Å². The van der Waals surface area contributed by atoms with E-state index in [1.54, 1.807) is 23.7 Å². The standard InChI is InChI=1S/C14H12N2O4S/c1-3-16-6-7(13(18)19)11(17)10-8(16)4-5-9-12(10)21-14(20)15(9)2/h4-6H,3H2,1-2H3,(H,18,19). The van der Waals surface area contributed by atoms with Crippen LogP contribution in [0.2, 0.25) is 0 Å². The number of thiazole rings is 1. The number of carbonyl (C=O) groups is 1. The van der Waals surface area contributed by atoms with Crippen molar-refractivity contribution in [1.29, 1.82) is 0 Å². The van der Waals surface area contributed by atoms with E-state index >= 15 is 0 Å². The first kappa shape index (κ1) is 13.6. The maximum absolute atomic E-state index is 12.5. The van der Waals surface area contributed by atoms with Crippen molar-refractivity contribution >= 4 is 38.4 Å². The van der Waals surface area contributed by atoms with Crippen LogP contribution in [0.4, 0.5) is 0 Å². The van der Waals surface area contributed by atoms with Crippen LogP contribution in [0.5, 0.6) is 0 Å². The van der Waals surface area contributed by atoms with E-state index in [0.717, 1.165) is 11.3 Å². The number of aromatic nitrogens is 2. The SMILES string of the molecule is CCn1cc(C(=O)O)c(=O)c2c3sc(=O)n(C)c3ccc21. The van der Waals surface area contributed by atoms with Gasteiger partial charge in [0.1, 0.15) is 5.56 Å². The number of rotatable bonds is 2. The van der Waals surface area contributed by atoms with Gasteiger partial charge < -0.3 is 14.2 Å². The van der Waals surface area contributed by atoms with Crippen LogP contribution in [-0.4, -0.2) is 20.2 Å². The summed E-state index contributed by atoms with van der Waals surface area (Å²) in [7, 11) is 1.63. The van der Waals surface area contributed by atoms with E-state index in [4.69, 9.17) is 0 Å². The second-order valence-corrected chi connectivity index (χ2v) is 5.66. The number of aryl methyl sites for hydroxylation is 2. The average Bonchev–Trinajstić information content (AvgIpc) is 2.74. The minimum absolute atomic E-state index is 0.180. The van der Waals surface area contributed by atoms with E-state index in [9.17, 15) is 19.5 Å². The summed E-state index contributed by atoms with van der Waals surface area (Å²) < 4.78 is 3.71. The minimum atomic E-state index is -1.26.